The van der Waals surface area contributed by atoms with E-state index in [1.54, 1.807) is 7.05 Å². The number of rotatable bonds is 2. The third-order valence-electron chi connectivity index (χ3n) is 5.24. The van der Waals surface area contributed by atoms with Crippen LogP contribution in [0.25, 0.3) is 10.9 Å². The van der Waals surface area contributed by atoms with Crippen molar-refractivity contribution in [2.24, 2.45) is 13.0 Å². The predicted octanol–water partition coefficient (Wildman–Crippen LogP) is 1.24. The van der Waals surface area contributed by atoms with Crippen molar-refractivity contribution in [2.75, 3.05) is 40.3 Å². The van der Waals surface area contributed by atoms with E-state index in [1.807, 2.05) is 50.2 Å². The highest BCUT2D eigenvalue weighted by Crippen LogP contribution is 2.26. The van der Waals surface area contributed by atoms with Crippen LogP contribution in [0.1, 0.15) is 16.1 Å². The highest BCUT2D eigenvalue weighted by molar-refractivity contribution is 6.08. The van der Waals surface area contributed by atoms with Crippen LogP contribution in [0.15, 0.2) is 24.3 Å². The second-order valence-electron chi connectivity index (χ2n) is 6.86. The van der Waals surface area contributed by atoms with E-state index >= 15 is 0 Å². The van der Waals surface area contributed by atoms with Crippen molar-refractivity contribution >= 4 is 22.7 Å². The maximum absolute atomic E-state index is 13.3. The van der Waals surface area contributed by atoms with Gasteiger partial charge in [-0.2, -0.15) is 0 Å². The largest absolute Gasteiger partial charge is 0.359 e. The van der Waals surface area contributed by atoms with Crippen LogP contribution < -0.4 is 5.32 Å². The van der Waals surface area contributed by atoms with Gasteiger partial charge in [-0.25, -0.2) is 0 Å². The molecule has 0 aliphatic carbocycles. The Morgan fingerprint density at radius 2 is 1.84 bits per heavy atom. The first-order valence-corrected chi connectivity index (χ1v) is 8.67. The molecule has 0 bridgehead atoms. The van der Waals surface area contributed by atoms with E-state index in [0.29, 0.717) is 19.6 Å². The standard InChI is InChI=1S/C19H26N4O2/c1-13-17(15-7-5-6-8-16(15)22(13)4)19(25)23-10-9-21(3)11-14(12-23)18(24)20-2/h5-8,14H,9-12H2,1-4H3,(H,20,24)/t14-/m1/s1. The number of likely N-dealkylation sites (N-methyl/N-ethyl adjacent to an activating group) is 1. The van der Waals surface area contributed by atoms with Gasteiger partial charge in [0.2, 0.25) is 5.91 Å². The summed E-state index contributed by atoms with van der Waals surface area (Å²) in [6.45, 7) is 4.49. The third kappa shape index (κ3) is 3.14. The molecule has 3 rings (SSSR count). The van der Waals surface area contributed by atoms with Crippen LogP contribution >= 0.6 is 0 Å². The smallest absolute Gasteiger partial charge is 0.256 e. The highest BCUT2D eigenvalue weighted by Gasteiger charge is 2.30. The molecule has 1 aliphatic rings. The normalized spacial score (nSPS) is 19.0. The molecule has 0 saturated carbocycles. The summed E-state index contributed by atoms with van der Waals surface area (Å²) in [7, 11) is 5.62. The minimum Gasteiger partial charge on any atom is -0.359 e. The van der Waals surface area contributed by atoms with E-state index in [-0.39, 0.29) is 17.7 Å². The number of benzene rings is 1. The lowest BCUT2D eigenvalue weighted by Gasteiger charge is -2.23. The average molecular weight is 342 g/mol. The zero-order chi connectivity index (χ0) is 18.1. The summed E-state index contributed by atoms with van der Waals surface area (Å²) in [5.41, 5.74) is 2.76. The summed E-state index contributed by atoms with van der Waals surface area (Å²) in [4.78, 5) is 29.4. The Hall–Kier alpha value is -2.34. The number of hydrogen-bond acceptors (Lipinski definition) is 3. The summed E-state index contributed by atoms with van der Waals surface area (Å²) in [5.74, 6) is -0.212. The molecule has 0 unspecified atom stereocenters. The molecule has 0 radical (unpaired) electrons. The molecule has 0 spiro atoms. The summed E-state index contributed by atoms with van der Waals surface area (Å²) >= 11 is 0. The van der Waals surface area contributed by atoms with Gasteiger partial charge in [0.1, 0.15) is 0 Å². The van der Waals surface area contributed by atoms with Crippen LogP contribution in [0.5, 0.6) is 0 Å². The molecular formula is C19H26N4O2. The molecule has 25 heavy (non-hydrogen) atoms. The fourth-order valence-electron chi connectivity index (χ4n) is 3.68. The molecule has 1 aliphatic heterocycles. The summed E-state index contributed by atoms with van der Waals surface area (Å²) in [5, 5.41) is 3.69. The van der Waals surface area contributed by atoms with E-state index < -0.39 is 0 Å². The molecule has 1 atom stereocenters. The molecule has 134 valence electrons. The quantitative estimate of drug-likeness (QED) is 0.893. The van der Waals surface area contributed by atoms with E-state index in [0.717, 1.165) is 28.7 Å². The topological polar surface area (TPSA) is 57.6 Å². The van der Waals surface area contributed by atoms with Gasteiger partial charge in [-0.05, 0) is 20.0 Å². The fourth-order valence-corrected chi connectivity index (χ4v) is 3.68. The molecular weight excluding hydrogens is 316 g/mol. The van der Waals surface area contributed by atoms with Gasteiger partial charge < -0.3 is 19.7 Å². The van der Waals surface area contributed by atoms with Crippen LogP contribution in [-0.2, 0) is 11.8 Å². The van der Waals surface area contributed by atoms with E-state index in [9.17, 15) is 9.59 Å². The zero-order valence-corrected chi connectivity index (χ0v) is 15.4. The molecule has 6 nitrogen and oxygen atoms in total. The van der Waals surface area contributed by atoms with Crippen molar-refractivity contribution in [2.45, 2.75) is 6.92 Å². The van der Waals surface area contributed by atoms with Gasteiger partial charge in [0.25, 0.3) is 5.91 Å². The number of hydrogen-bond donors (Lipinski definition) is 1. The Kier molecular flexibility index (Phi) is 4.81. The van der Waals surface area contributed by atoms with Crippen molar-refractivity contribution in [3.05, 3.63) is 35.5 Å². The molecule has 2 amide bonds. The van der Waals surface area contributed by atoms with Gasteiger partial charge in [0.05, 0.1) is 11.5 Å². The number of nitrogens with one attached hydrogen (secondary N) is 1. The maximum Gasteiger partial charge on any atom is 0.256 e. The molecule has 2 aromatic rings. The summed E-state index contributed by atoms with van der Waals surface area (Å²) < 4.78 is 2.06. The van der Waals surface area contributed by atoms with Crippen molar-refractivity contribution in [1.29, 1.82) is 0 Å². The highest BCUT2D eigenvalue weighted by atomic mass is 16.2. The number of nitrogens with zero attached hydrogens (tertiary/aromatic N) is 3. The van der Waals surface area contributed by atoms with Gasteiger partial charge >= 0.3 is 0 Å². The number of para-hydroxylation sites is 1. The first-order valence-electron chi connectivity index (χ1n) is 8.67. The zero-order valence-electron chi connectivity index (χ0n) is 15.4. The van der Waals surface area contributed by atoms with Gasteiger partial charge in [0.15, 0.2) is 0 Å². The second-order valence-corrected chi connectivity index (χ2v) is 6.86. The van der Waals surface area contributed by atoms with E-state index in [4.69, 9.17) is 0 Å². The molecule has 1 aromatic carbocycles. The van der Waals surface area contributed by atoms with Gasteiger partial charge in [-0.15, -0.1) is 0 Å². The number of aryl methyl sites for hydroxylation is 1. The SMILES string of the molecule is CNC(=O)[C@@H]1CN(C)CCN(C(=O)c2c(C)n(C)c3ccccc23)C1. The Bertz CT molecular complexity index is 811. The fraction of sp³-hybridized carbons (Fsp3) is 0.474. The maximum atomic E-state index is 13.3. The van der Waals surface area contributed by atoms with Crippen molar-refractivity contribution in [1.82, 2.24) is 19.7 Å². The Morgan fingerprint density at radius 3 is 2.56 bits per heavy atom. The lowest BCUT2D eigenvalue weighted by Crippen LogP contribution is -2.41. The number of carbonyl (C=O) groups excluding carboxylic acids is 2. The molecule has 2 heterocycles. The first kappa shape index (κ1) is 17.5. The molecule has 1 N–H and O–H groups in total. The second kappa shape index (κ2) is 6.88. The Morgan fingerprint density at radius 1 is 1.12 bits per heavy atom. The van der Waals surface area contributed by atoms with Crippen LogP contribution in [0.3, 0.4) is 0 Å². The summed E-state index contributed by atoms with van der Waals surface area (Å²) in [6.07, 6.45) is 0. The minimum atomic E-state index is -0.211. The van der Waals surface area contributed by atoms with Crippen LogP contribution in [0.2, 0.25) is 0 Å². The molecule has 1 saturated heterocycles. The lowest BCUT2D eigenvalue weighted by atomic mass is 10.1. The third-order valence-corrected chi connectivity index (χ3v) is 5.24. The monoisotopic (exact) mass is 342 g/mol. The van der Waals surface area contributed by atoms with Crippen LogP contribution in [0, 0.1) is 12.8 Å². The Labute approximate surface area is 148 Å². The lowest BCUT2D eigenvalue weighted by molar-refractivity contribution is -0.125. The number of carbonyl (C=O) groups is 2. The van der Waals surface area contributed by atoms with Gasteiger partial charge in [-0.3, -0.25) is 9.59 Å². The van der Waals surface area contributed by atoms with Crippen molar-refractivity contribution in [3.63, 3.8) is 0 Å². The van der Waals surface area contributed by atoms with Gasteiger partial charge in [-0.1, -0.05) is 18.2 Å². The Balaban J connectivity index is 1.97. The number of fused-ring (bicyclic) bond motifs is 1. The van der Waals surface area contributed by atoms with E-state index in [2.05, 4.69) is 14.8 Å². The first-order chi connectivity index (χ1) is 11.9. The molecule has 1 aromatic heterocycles. The van der Waals surface area contributed by atoms with Crippen LogP contribution in [-0.4, -0.2) is 66.5 Å². The van der Waals surface area contributed by atoms with Crippen molar-refractivity contribution in [3.8, 4) is 0 Å². The minimum absolute atomic E-state index is 0.0125. The van der Waals surface area contributed by atoms with Crippen LogP contribution in [0.4, 0.5) is 0 Å². The molecule has 1 fully saturated rings. The average Bonchev–Trinajstić information content (AvgIpc) is 2.76. The molecule has 6 heteroatoms. The van der Waals surface area contributed by atoms with Gasteiger partial charge in [0, 0.05) is 56.9 Å². The number of amides is 2. The summed E-state index contributed by atoms with van der Waals surface area (Å²) in [6, 6.07) is 7.97. The van der Waals surface area contributed by atoms with Crippen molar-refractivity contribution < 1.29 is 9.59 Å². The predicted molar refractivity (Wildman–Crippen MR) is 98.6 cm³/mol. The van der Waals surface area contributed by atoms with E-state index in [1.165, 1.54) is 0 Å². The number of aromatic nitrogens is 1.